The second kappa shape index (κ2) is 12.3. The number of ketones is 2. The zero-order valence-electron chi connectivity index (χ0n) is 23.0. The molecule has 41 heavy (non-hydrogen) atoms. The third-order valence-electron chi connectivity index (χ3n) is 7.04. The fraction of sp³-hybridized carbons (Fsp3) is 0.333. The average molecular weight is 561 g/mol. The van der Waals surface area contributed by atoms with E-state index in [1.54, 1.807) is 6.92 Å². The molecule has 11 heteroatoms. The highest BCUT2D eigenvalue weighted by Gasteiger charge is 2.30. The van der Waals surface area contributed by atoms with Gasteiger partial charge < -0.3 is 26.1 Å². The molecule has 0 bridgehead atoms. The lowest BCUT2D eigenvalue weighted by Gasteiger charge is -2.22. The fourth-order valence-electron chi connectivity index (χ4n) is 4.77. The minimum atomic E-state index is -1.04. The summed E-state index contributed by atoms with van der Waals surface area (Å²) in [5.74, 6) is -2.44. The Labute approximate surface area is 235 Å². The van der Waals surface area contributed by atoms with Crippen molar-refractivity contribution in [1.29, 1.82) is 0 Å². The molecule has 1 aliphatic carbocycles. The smallest absolute Gasteiger partial charge is 0.347 e. The quantitative estimate of drug-likeness (QED) is 0.239. The number of carbonyl (C=O) groups is 5. The van der Waals surface area contributed by atoms with Gasteiger partial charge in [-0.2, -0.15) is 0 Å². The third-order valence-corrected chi connectivity index (χ3v) is 7.04. The van der Waals surface area contributed by atoms with Crippen LogP contribution in [0.4, 0.5) is 5.69 Å². The van der Waals surface area contributed by atoms with Crippen LogP contribution in [0.5, 0.6) is 0 Å². The van der Waals surface area contributed by atoms with Crippen molar-refractivity contribution in [3.8, 4) is 0 Å². The lowest BCUT2D eigenvalue weighted by molar-refractivity contribution is -0.130. The van der Waals surface area contributed by atoms with Gasteiger partial charge in [-0.15, -0.1) is 0 Å². The van der Waals surface area contributed by atoms with Gasteiger partial charge in [-0.25, -0.2) is 4.79 Å². The molecule has 3 amide bonds. The highest BCUT2D eigenvalue weighted by atomic mass is 16.4. The number of rotatable bonds is 8. The summed E-state index contributed by atoms with van der Waals surface area (Å²) in [6.45, 7) is 4.63. The van der Waals surface area contributed by atoms with Crippen LogP contribution < -0.4 is 27.3 Å². The zero-order chi connectivity index (χ0) is 29.8. The predicted octanol–water partition coefficient (Wildman–Crippen LogP) is 2.17. The minimum Gasteiger partial charge on any atom is -0.422 e. The summed E-state index contributed by atoms with van der Waals surface area (Å²) in [6, 6.07) is 9.25. The van der Waals surface area contributed by atoms with E-state index in [0.29, 0.717) is 17.7 Å². The Bertz CT molecular complexity index is 1590. The van der Waals surface area contributed by atoms with Gasteiger partial charge >= 0.3 is 5.63 Å². The maximum Gasteiger partial charge on any atom is 0.347 e. The van der Waals surface area contributed by atoms with Crippen molar-refractivity contribution in [3.63, 3.8) is 0 Å². The number of nitrogens with two attached hydrogens (primary N) is 1. The van der Waals surface area contributed by atoms with Gasteiger partial charge in [-0.1, -0.05) is 30.3 Å². The van der Waals surface area contributed by atoms with Crippen LogP contribution in [0, 0.1) is 6.92 Å². The largest absolute Gasteiger partial charge is 0.422 e. The molecule has 0 aliphatic heterocycles. The summed E-state index contributed by atoms with van der Waals surface area (Å²) in [5, 5.41) is 8.31. The van der Waals surface area contributed by atoms with E-state index in [1.165, 1.54) is 26.0 Å². The van der Waals surface area contributed by atoms with E-state index in [-0.39, 0.29) is 47.1 Å². The average Bonchev–Trinajstić information content (AvgIpc) is 3.08. The second-order valence-corrected chi connectivity index (χ2v) is 10.2. The molecule has 0 fully saturated rings. The number of Topliss-reactive ketones (excluding diaryl/α,β-unsaturated/α-hetero) is 2. The molecule has 1 aliphatic rings. The SMILES string of the molecule is Cc1c(NC(=O)[C@H](Cc2ccccc2)NC(=O)[C@H](C)NC(=O)[C@H](C)N)ccc2oc(=O)c3c(c12)C(=O)CCCC3=O. The number of amides is 3. The van der Waals surface area contributed by atoms with Crippen LogP contribution >= 0.6 is 0 Å². The first kappa shape index (κ1) is 29.3. The van der Waals surface area contributed by atoms with Gasteiger partial charge in [0.2, 0.25) is 17.7 Å². The van der Waals surface area contributed by atoms with Crippen molar-refractivity contribution in [2.45, 2.75) is 64.6 Å². The molecule has 3 atom stereocenters. The lowest BCUT2D eigenvalue weighted by Crippen LogP contribution is -2.54. The maximum atomic E-state index is 13.6. The summed E-state index contributed by atoms with van der Waals surface area (Å²) >= 11 is 0. The van der Waals surface area contributed by atoms with Gasteiger partial charge in [0.15, 0.2) is 11.6 Å². The molecule has 214 valence electrons. The Morgan fingerprint density at radius 3 is 2.20 bits per heavy atom. The van der Waals surface area contributed by atoms with Gasteiger partial charge in [0.1, 0.15) is 23.2 Å². The Morgan fingerprint density at radius 2 is 1.54 bits per heavy atom. The molecule has 1 heterocycles. The highest BCUT2D eigenvalue weighted by Crippen LogP contribution is 2.32. The molecule has 0 saturated carbocycles. The molecule has 0 unspecified atom stereocenters. The van der Waals surface area contributed by atoms with Crippen LogP contribution in [-0.4, -0.2) is 47.4 Å². The molecule has 5 N–H and O–H groups in total. The Morgan fingerprint density at radius 1 is 0.878 bits per heavy atom. The maximum absolute atomic E-state index is 13.6. The third kappa shape index (κ3) is 6.41. The number of carbonyl (C=O) groups excluding carboxylic acids is 5. The van der Waals surface area contributed by atoms with E-state index >= 15 is 0 Å². The summed E-state index contributed by atoms with van der Waals surface area (Å²) in [5.41, 5.74) is 6.13. The Kier molecular flexibility index (Phi) is 8.77. The van der Waals surface area contributed by atoms with Gasteiger partial charge in [0, 0.05) is 35.9 Å². The Hall–Kier alpha value is -4.64. The Balaban J connectivity index is 1.68. The van der Waals surface area contributed by atoms with Crippen molar-refractivity contribution in [1.82, 2.24) is 10.6 Å². The summed E-state index contributed by atoms with van der Waals surface area (Å²) in [7, 11) is 0. The molecule has 4 rings (SSSR count). The zero-order valence-corrected chi connectivity index (χ0v) is 23.0. The van der Waals surface area contributed by atoms with E-state index in [1.807, 2.05) is 30.3 Å². The molecular weight excluding hydrogens is 528 g/mol. The number of anilines is 1. The molecule has 11 nitrogen and oxygen atoms in total. The number of nitrogens with one attached hydrogen (secondary N) is 3. The summed E-state index contributed by atoms with van der Waals surface area (Å²) in [4.78, 5) is 76.8. The predicted molar refractivity (Wildman–Crippen MR) is 152 cm³/mol. The first-order valence-corrected chi connectivity index (χ1v) is 13.4. The van der Waals surface area contributed by atoms with Crippen LogP contribution in [-0.2, 0) is 20.8 Å². The number of hydrogen-bond acceptors (Lipinski definition) is 8. The molecule has 0 saturated heterocycles. The van der Waals surface area contributed by atoms with Crippen LogP contribution in [0.25, 0.3) is 11.0 Å². The van der Waals surface area contributed by atoms with Crippen molar-refractivity contribution in [3.05, 3.63) is 75.1 Å². The number of benzene rings is 2. The number of hydrogen-bond donors (Lipinski definition) is 4. The first-order chi connectivity index (χ1) is 19.5. The van der Waals surface area contributed by atoms with Crippen molar-refractivity contribution >= 4 is 45.9 Å². The first-order valence-electron chi connectivity index (χ1n) is 13.4. The van der Waals surface area contributed by atoms with Crippen molar-refractivity contribution < 1.29 is 28.4 Å². The summed E-state index contributed by atoms with van der Waals surface area (Å²) < 4.78 is 5.39. The van der Waals surface area contributed by atoms with Crippen molar-refractivity contribution in [2.24, 2.45) is 5.73 Å². The number of fused-ring (bicyclic) bond motifs is 3. The van der Waals surface area contributed by atoms with Crippen molar-refractivity contribution in [2.75, 3.05) is 5.32 Å². The fourth-order valence-corrected chi connectivity index (χ4v) is 4.77. The standard InChI is InChI=1S/C30H32N4O7/c1-15-19(12-13-23-24(15)25-21(35)10-7-11-22(36)26(25)30(40)41-23)33-29(39)20(14-18-8-5-4-6-9-18)34-28(38)17(3)32-27(37)16(2)31/h4-6,8-9,12-13,16-17,20H,7,10-11,14,31H2,1-3H3,(H,32,37)(H,33,39)(H,34,38)/t16-,17-,20-/m0/s1. The van der Waals surface area contributed by atoms with Gasteiger partial charge in [0.25, 0.3) is 0 Å². The van der Waals surface area contributed by atoms with E-state index in [9.17, 15) is 28.8 Å². The van der Waals surface area contributed by atoms with E-state index in [2.05, 4.69) is 16.0 Å². The van der Waals surface area contributed by atoms with E-state index in [4.69, 9.17) is 10.2 Å². The molecule has 0 radical (unpaired) electrons. The molecular formula is C30H32N4O7. The summed E-state index contributed by atoms with van der Waals surface area (Å²) in [6.07, 6.45) is 0.646. The van der Waals surface area contributed by atoms with Gasteiger partial charge in [-0.3, -0.25) is 24.0 Å². The van der Waals surface area contributed by atoms with Crippen LogP contribution in [0.3, 0.4) is 0 Å². The second-order valence-electron chi connectivity index (χ2n) is 10.2. The molecule has 2 aromatic carbocycles. The normalized spacial score (nSPS) is 15.3. The van der Waals surface area contributed by atoms with E-state index in [0.717, 1.165) is 5.56 Å². The van der Waals surface area contributed by atoms with Gasteiger partial charge in [-0.05, 0) is 50.5 Å². The van der Waals surface area contributed by atoms with Crippen LogP contribution in [0.2, 0.25) is 0 Å². The monoisotopic (exact) mass is 560 g/mol. The number of aryl methyl sites for hydroxylation is 1. The van der Waals surface area contributed by atoms with Crippen LogP contribution in [0.15, 0.2) is 51.7 Å². The van der Waals surface area contributed by atoms with Crippen LogP contribution in [0.1, 0.15) is 65.0 Å². The molecule has 3 aromatic rings. The molecule has 1 aromatic heterocycles. The highest BCUT2D eigenvalue weighted by molar-refractivity contribution is 6.18. The molecule has 0 spiro atoms. The van der Waals surface area contributed by atoms with Gasteiger partial charge in [0.05, 0.1) is 6.04 Å². The minimum absolute atomic E-state index is 0.0141. The van der Waals surface area contributed by atoms with E-state index < -0.39 is 47.3 Å². The topological polar surface area (TPSA) is 178 Å². The lowest BCUT2D eigenvalue weighted by atomic mass is 9.95.